The maximum Gasteiger partial charge on any atom is 0.303 e. The number of carbonyl (C=O) groups is 1. The van der Waals surface area contributed by atoms with Crippen LogP contribution in [0.3, 0.4) is 0 Å². The van der Waals surface area contributed by atoms with Crippen molar-refractivity contribution in [3.05, 3.63) is 22.8 Å². The molecule has 118 valence electrons. The Hall–Kier alpha value is -1.27. The van der Waals surface area contributed by atoms with Crippen molar-refractivity contribution in [2.75, 3.05) is 6.61 Å². The summed E-state index contributed by atoms with van der Waals surface area (Å²) in [6, 6.07) is 1.50. The molecule has 1 aromatic carbocycles. The number of aliphatic carboxylic acids is 1. The molecule has 0 radical (unpaired) electrons. The smallest absolute Gasteiger partial charge is 0.303 e. The number of benzene rings is 1. The van der Waals surface area contributed by atoms with Gasteiger partial charge in [0.25, 0.3) is 9.05 Å². The zero-order chi connectivity index (χ0) is 16.2. The van der Waals surface area contributed by atoms with E-state index in [1.54, 1.807) is 20.8 Å². The fourth-order valence-corrected chi connectivity index (χ4v) is 3.37. The first-order chi connectivity index (χ1) is 9.64. The normalized spacial score (nSPS) is 11.4. The first-order valence-electron chi connectivity index (χ1n) is 6.54. The third kappa shape index (κ3) is 4.89. The Kier molecular flexibility index (Phi) is 6.04. The monoisotopic (exact) mass is 334 g/mol. The van der Waals surface area contributed by atoms with Crippen molar-refractivity contribution in [1.29, 1.82) is 0 Å². The van der Waals surface area contributed by atoms with E-state index in [0.717, 1.165) is 5.56 Å². The maximum atomic E-state index is 11.5. The Labute approximate surface area is 129 Å². The van der Waals surface area contributed by atoms with Gasteiger partial charge < -0.3 is 9.84 Å². The summed E-state index contributed by atoms with van der Waals surface area (Å²) >= 11 is 0. The third-order valence-electron chi connectivity index (χ3n) is 3.27. The molecular weight excluding hydrogens is 316 g/mol. The van der Waals surface area contributed by atoms with Crippen LogP contribution >= 0.6 is 10.7 Å². The highest BCUT2D eigenvalue weighted by Gasteiger charge is 2.19. The molecule has 0 bridgehead atoms. The number of hydrogen-bond acceptors (Lipinski definition) is 4. The second-order valence-electron chi connectivity index (χ2n) is 4.91. The minimum absolute atomic E-state index is 0.0948. The molecule has 0 saturated carbocycles. The van der Waals surface area contributed by atoms with Crippen molar-refractivity contribution in [2.45, 2.75) is 44.9 Å². The van der Waals surface area contributed by atoms with Crippen LogP contribution in [0.25, 0.3) is 0 Å². The van der Waals surface area contributed by atoms with E-state index in [4.69, 9.17) is 20.5 Å². The van der Waals surface area contributed by atoms with Gasteiger partial charge in [0.05, 0.1) is 11.5 Å². The molecule has 0 aliphatic rings. The van der Waals surface area contributed by atoms with Gasteiger partial charge in [-0.2, -0.15) is 0 Å². The van der Waals surface area contributed by atoms with Crippen molar-refractivity contribution in [3.63, 3.8) is 0 Å². The highest BCUT2D eigenvalue weighted by molar-refractivity contribution is 8.13. The van der Waals surface area contributed by atoms with E-state index in [9.17, 15) is 13.2 Å². The van der Waals surface area contributed by atoms with E-state index in [1.165, 1.54) is 6.07 Å². The molecule has 21 heavy (non-hydrogen) atoms. The molecule has 0 aromatic heterocycles. The van der Waals surface area contributed by atoms with E-state index < -0.39 is 15.0 Å². The van der Waals surface area contributed by atoms with Gasteiger partial charge in [0.2, 0.25) is 0 Å². The van der Waals surface area contributed by atoms with Gasteiger partial charge in [-0.25, -0.2) is 8.42 Å². The lowest BCUT2D eigenvalue weighted by Gasteiger charge is -2.16. The lowest BCUT2D eigenvalue weighted by atomic mass is 10.1. The molecule has 0 atom stereocenters. The summed E-state index contributed by atoms with van der Waals surface area (Å²) in [4.78, 5) is 10.5. The largest absolute Gasteiger partial charge is 0.493 e. The molecule has 0 spiro atoms. The molecule has 0 saturated heterocycles. The second kappa shape index (κ2) is 7.13. The van der Waals surface area contributed by atoms with Crippen LogP contribution in [0.15, 0.2) is 11.0 Å². The highest BCUT2D eigenvalue weighted by atomic mass is 35.7. The van der Waals surface area contributed by atoms with Crippen LogP contribution in [0.1, 0.15) is 36.0 Å². The van der Waals surface area contributed by atoms with Gasteiger partial charge in [-0.15, -0.1) is 0 Å². The lowest BCUT2D eigenvalue weighted by molar-refractivity contribution is -0.137. The molecule has 0 fully saturated rings. The van der Waals surface area contributed by atoms with Gasteiger partial charge in [0.1, 0.15) is 5.75 Å². The molecule has 0 aliphatic carbocycles. The number of ether oxygens (including phenoxy) is 1. The maximum absolute atomic E-state index is 11.5. The molecule has 5 nitrogen and oxygen atoms in total. The van der Waals surface area contributed by atoms with E-state index in [-0.39, 0.29) is 11.3 Å². The fourth-order valence-electron chi connectivity index (χ4n) is 2.05. The van der Waals surface area contributed by atoms with Crippen LogP contribution < -0.4 is 4.74 Å². The minimum Gasteiger partial charge on any atom is -0.493 e. The van der Waals surface area contributed by atoms with Crippen LogP contribution in [-0.2, 0) is 13.8 Å². The SMILES string of the molecule is Cc1cc(S(=O)(=O)Cl)c(C)c(C)c1OCCCCC(=O)O. The molecule has 0 aliphatic heterocycles. The Balaban J connectivity index is 2.86. The van der Waals surface area contributed by atoms with E-state index in [0.29, 0.717) is 36.3 Å². The molecule has 0 unspecified atom stereocenters. The van der Waals surface area contributed by atoms with Crippen molar-refractivity contribution in [3.8, 4) is 5.75 Å². The summed E-state index contributed by atoms with van der Waals surface area (Å²) in [5.41, 5.74) is 1.99. The summed E-state index contributed by atoms with van der Waals surface area (Å²) in [7, 11) is 1.63. The number of aryl methyl sites for hydroxylation is 1. The summed E-state index contributed by atoms with van der Waals surface area (Å²) < 4.78 is 28.7. The zero-order valence-corrected chi connectivity index (χ0v) is 13.8. The third-order valence-corrected chi connectivity index (χ3v) is 4.72. The average Bonchev–Trinajstić information content (AvgIpc) is 2.35. The van der Waals surface area contributed by atoms with E-state index in [1.807, 2.05) is 0 Å². The Morgan fingerprint density at radius 2 is 1.86 bits per heavy atom. The molecular formula is C14H19ClO5S. The number of carboxylic acid groups (broad SMARTS) is 1. The van der Waals surface area contributed by atoms with E-state index >= 15 is 0 Å². The van der Waals surface area contributed by atoms with Gasteiger partial charge in [-0.05, 0) is 56.4 Å². The first-order valence-corrected chi connectivity index (χ1v) is 8.85. The summed E-state index contributed by atoms with van der Waals surface area (Å²) in [5.74, 6) is -0.193. The molecule has 1 rings (SSSR count). The lowest BCUT2D eigenvalue weighted by Crippen LogP contribution is -2.06. The van der Waals surface area contributed by atoms with Gasteiger partial charge in [-0.1, -0.05) is 0 Å². The summed E-state index contributed by atoms with van der Waals surface area (Å²) in [6.07, 6.45) is 1.28. The molecule has 1 aromatic rings. The quantitative estimate of drug-likeness (QED) is 0.612. The Bertz CT molecular complexity index is 637. The number of carboxylic acids is 1. The van der Waals surface area contributed by atoms with Crippen molar-refractivity contribution >= 4 is 25.7 Å². The van der Waals surface area contributed by atoms with Crippen LogP contribution in [-0.4, -0.2) is 26.1 Å². The van der Waals surface area contributed by atoms with Gasteiger partial charge in [0.15, 0.2) is 0 Å². The Morgan fingerprint density at radius 1 is 1.24 bits per heavy atom. The highest BCUT2D eigenvalue weighted by Crippen LogP contribution is 2.32. The van der Waals surface area contributed by atoms with Crippen LogP contribution in [0.5, 0.6) is 5.75 Å². The standard InChI is InChI=1S/C14H19ClO5S/c1-9-8-12(21(15,18)19)10(2)11(3)14(9)20-7-5-4-6-13(16)17/h8H,4-7H2,1-3H3,(H,16,17). The molecule has 1 N–H and O–H groups in total. The van der Waals surface area contributed by atoms with Crippen molar-refractivity contribution in [1.82, 2.24) is 0 Å². The second-order valence-corrected chi connectivity index (χ2v) is 7.44. The number of rotatable bonds is 7. The molecule has 0 amide bonds. The minimum atomic E-state index is -3.78. The predicted octanol–water partition coefficient (Wildman–Crippen LogP) is 3.17. The fraction of sp³-hybridized carbons (Fsp3) is 0.500. The first kappa shape index (κ1) is 17.8. The molecule has 7 heteroatoms. The topological polar surface area (TPSA) is 80.7 Å². The van der Waals surface area contributed by atoms with Crippen molar-refractivity contribution < 1.29 is 23.1 Å². The average molecular weight is 335 g/mol. The van der Waals surface area contributed by atoms with Crippen LogP contribution in [0, 0.1) is 20.8 Å². The van der Waals surface area contributed by atoms with Gasteiger partial charge >= 0.3 is 5.97 Å². The number of unbranched alkanes of at least 4 members (excludes halogenated alkanes) is 1. The van der Waals surface area contributed by atoms with Crippen LogP contribution in [0.4, 0.5) is 0 Å². The van der Waals surface area contributed by atoms with E-state index in [2.05, 4.69) is 0 Å². The number of hydrogen-bond donors (Lipinski definition) is 1. The van der Waals surface area contributed by atoms with Gasteiger partial charge in [-0.3, -0.25) is 4.79 Å². The van der Waals surface area contributed by atoms with Crippen molar-refractivity contribution in [2.24, 2.45) is 0 Å². The zero-order valence-electron chi connectivity index (χ0n) is 12.3. The predicted molar refractivity (Wildman–Crippen MR) is 80.7 cm³/mol. The van der Waals surface area contributed by atoms with Gasteiger partial charge in [0, 0.05) is 17.1 Å². The Morgan fingerprint density at radius 3 is 2.38 bits per heavy atom. The summed E-state index contributed by atoms with van der Waals surface area (Å²) in [5, 5.41) is 8.55. The summed E-state index contributed by atoms with van der Waals surface area (Å²) in [6.45, 7) is 5.60. The molecule has 0 heterocycles. The van der Waals surface area contributed by atoms with Crippen LogP contribution in [0.2, 0.25) is 0 Å². The number of halogens is 1.